The van der Waals surface area contributed by atoms with E-state index in [1.165, 1.54) is 0 Å². The van der Waals surface area contributed by atoms with E-state index in [2.05, 4.69) is 26.1 Å². The molecule has 1 aliphatic rings. The molecular formula is C18H36N2O3. The van der Waals surface area contributed by atoms with Gasteiger partial charge in [-0.1, -0.05) is 20.8 Å². The number of hydrogen-bond donors (Lipinski definition) is 2. The topological polar surface area (TPSA) is 61.8 Å². The molecule has 0 aromatic carbocycles. The van der Waals surface area contributed by atoms with Crippen LogP contribution in [0.1, 0.15) is 67.2 Å². The second-order valence-electron chi connectivity index (χ2n) is 8.90. The summed E-state index contributed by atoms with van der Waals surface area (Å²) in [7, 11) is 0. The van der Waals surface area contributed by atoms with Gasteiger partial charge in [-0.05, 0) is 51.9 Å². The van der Waals surface area contributed by atoms with E-state index >= 15 is 0 Å². The van der Waals surface area contributed by atoms with E-state index < -0.39 is 5.60 Å². The summed E-state index contributed by atoms with van der Waals surface area (Å²) >= 11 is 0. The molecule has 2 unspecified atom stereocenters. The van der Waals surface area contributed by atoms with Crippen LogP contribution >= 0.6 is 0 Å². The van der Waals surface area contributed by atoms with E-state index in [4.69, 9.17) is 4.74 Å². The Bertz CT molecular complexity index is 371. The molecule has 0 aromatic heterocycles. The van der Waals surface area contributed by atoms with Crippen LogP contribution in [-0.2, 0) is 4.74 Å². The van der Waals surface area contributed by atoms with Crippen molar-refractivity contribution in [1.29, 1.82) is 0 Å². The lowest BCUT2D eigenvalue weighted by Crippen LogP contribution is -2.50. The summed E-state index contributed by atoms with van der Waals surface area (Å²) in [5, 5.41) is 13.4. The third kappa shape index (κ3) is 8.56. The molecule has 0 radical (unpaired) electrons. The molecule has 23 heavy (non-hydrogen) atoms. The molecule has 1 heterocycles. The van der Waals surface area contributed by atoms with Gasteiger partial charge in [-0.3, -0.25) is 0 Å². The first-order chi connectivity index (χ1) is 10.5. The van der Waals surface area contributed by atoms with Gasteiger partial charge in [-0.15, -0.1) is 0 Å². The minimum absolute atomic E-state index is 0.120. The zero-order chi connectivity index (χ0) is 17.7. The number of carbonyl (C=O) groups excluding carboxylic acids is 1. The molecule has 1 rings (SSSR count). The van der Waals surface area contributed by atoms with Crippen LogP contribution in [0.5, 0.6) is 0 Å². The second kappa shape index (κ2) is 8.34. The highest BCUT2D eigenvalue weighted by atomic mass is 16.6. The molecule has 2 atom stereocenters. The number of aliphatic hydroxyl groups excluding tert-OH is 1. The molecule has 1 saturated heterocycles. The van der Waals surface area contributed by atoms with Gasteiger partial charge in [0.1, 0.15) is 5.60 Å². The first-order valence-electron chi connectivity index (χ1n) is 8.86. The van der Waals surface area contributed by atoms with Crippen LogP contribution in [0, 0.1) is 5.41 Å². The second-order valence-corrected chi connectivity index (χ2v) is 8.90. The van der Waals surface area contributed by atoms with Gasteiger partial charge in [0.15, 0.2) is 0 Å². The van der Waals surface area contributed by atoms with E-state index in [0.717, 1.165) is 32.2 Å². The van der Waals surface area contributed by atoms with Crippen molar-refractivity contribution in [1.82, 2.24) is 10.2 Å². The summed E-state index contributed by atoms with van der Waals surface area (Å²) < 4.78 is 5.51. The summed E-state index contributed by atoms with van der Waals surface area (Å²) in [6.45, 7) is 14.1. The smallest absolute Gasteiger partial charge is 0.410 e. The van der Waals surface area contributed by atoms with Crippen LogP contribution in [-0.4, -0.2) is 53.5 Å². The van der Waals surface area contributed by atoms with Gasteiger partial charge in [0.2, 0.25) is 0 Å². The summed E-state index contributed by atoms with van der Waals surface area (Å²) in [5.41, 5.74) is -0.343. The summed E-state index contributed by atoms with van der Waals surface area (Å²) in [6, 6.07) is 0.153. The Kier molecular flexibility index (Phi) is 7.33. The minimum Gasteiger partial charge on any atom is -0.444 e. The Morgan fingerprint density at radius 1 is 1.26 bits per heavy atom. The summed E-state index contributed by atoms with van der Waals surface area (Å²) in [6.07, 6.45) is 3.34. The third-order valence-corrected chi connectivity index (χ3v) is 3.86. The van der Waals surface area contributed by atoms with E-state index in [1.807, 2.05) is 25.7 Å². The van der Waals surface area contributed by atoms with Crippen LogP contribution in [0.3, 0.4) is 0 Å². The van der Waals surface area contributed by atoms with Crippen molar-refractivity contribution in [3.8, 4) is 0 Å². The molecule has 0 spiro atoms. The number of likely N-dealkylation sites (tertiary alicyclic amines) is 1. The number of nitrogens with zero attached hydrogens (tertiary/aromatic N) is 1. The quantitative estimate of drug-likeness (QED) is 0.814. The first kappa shape index (κ1) is 20.2. The zero-order valence-electron chi connectivity index (χ0n) is 15.8. The number of carbonyl (C=O) groups is 1. The number of ether oxygens (including phenoxy) is 1. The van der Waals surface area contributed by atoms with Crippen LogP contribution in [0.4, 0.5) is 4.79 Å². The summed E-state index contributed by atoms with van der Waals surface area (Å²) in [5.74, 6) is 0. The van der Waals surface area contributed by atoms with E-state index in [-0.39, 0.29) is 23.7 Å². The predicted molar refractivity (Wildman–Crippen MR) is 93.5 cm³/mol. The van der Waals surface area contributed by atoms with Crippen LogP contribution in [0.15, 0.2) is 0 Å². The SMILES string of the molecule is CC(C)(C)CC(O)CNCC1CCCCN1C(=O)OC(C)(C)C. The number of hydrogen-bond acceptors (Lipinski definition) is 4. The van der Waals surface area contributed by atoms with Crippen molar-refractivity contribution in [2.45, 2.75) is 85.0 Å². The maximum atomic E-state index is 12.3. The van der Waals surface area contributed by atoms with Crippen LogP contribution in [0.2, 0.25) is 0 Å². The Morgan fingerprint density at radius 3 is 2.48 bits per heavy atom. The van der Waals surface area contributed by atoms with Gasteiger partial charge in [0.05, 0.1) is 6.10 Å². The van der Waals surface area contributed by atoms with Crippen molar-refractivity contribution in [2.75, 3.05) is 19.6 Å². The van der Waals surface area contributed by atoms with E-state index in [9.17, 15) is 9.90 Å². The molecule has 5 heteroatoms. The summed E-state index contributed by atoms with van der Waals surface area (Å²) in [4.78, 5) is 14.2. The third-order valence-electron chi connectivity index (χ3n) is 3.86. The molecule has 1 fully saturated rings. The Balaban J connectivity index is 2.45. The average Bonchev–Trinajstić information content (AvgIpc) is 2.35. The van der Waals surface area contributed by atoms with Crippen molar-refractivity contribution < 1.29 is 14.6 Å². The number of amides is 1. The fourth-order valence-corrected chi connectivity index (χ4v) is 2.97. The van der Waals surface area contributed by atoms with Gasteiger partial charge in [0, 0.05) is 25.7 Å². The average molecular weight is 328 g/mol. The van der Waals surface area contributed by atoms with Crippen LogP contribution < -0.4 is 5.32 Å². The normalized spacial score (nSPS) is 21.2. The van der Waals surface area contributed by atoms with Crippen LogP contribution in [0.25, 0.3) is 0 Å². The lowest BCUT2D eigenvalue weighted by atomic mass is 9.89. The molecule has 0 bridgehead atoms. The number of piperidine rings is 1. The van der Waals surface area contributed by atoms with Crippen molar-refractivity contribution >= 4 is 6.09 Å². The molecule has 0 saturated carbocycles. The lowest BCUT2D eigenvalue weighted by Gasteiger charge is -2.37. The monoisotopic (exact) mass is 328 g/mol. The van der Waals surface area contributed by atoms with E-state index in [1.54, 1.807) is 0 Å². The zero-order valence-corrected chi connectivity index (χ0v) is 15.8. The standard InChI is InChI=1S/C18H36N2O3/c1-17(2,3)11-15(21)13-19-12-14-9-7-8-10-20(14)16(22)23-18(4,5)6/h14-15,19,21H,7-13H2,1-6H3. The molecule has 1 aliphatic heterocycles. The van der Waals surface area contributed by atoms with Gasteiger partial charge < -0.3 is 20.1 Å². The molecule has 0 aliphatic carbocycles. The maximum Gasteiger partial charge on any atom is 0.410 e. The van der Waals surface area contributed by atoms with Crippen molar-refractivity contribution in [2.24, 2.45) is 5.41 Å². The fourth-order valence-electron chi connectivity index (χ4n) is 2.97. The Labute approximate surface area is 141 Å². The Morgan fingerprint density at radius 2 is 1.91 bits per heavy atom. The molecule has 136 valence electrons. The van der Waals surface area contributed by atoms with Crippen molar-refractivity contribution in [3.63, 3.8) is 0 Å². The van der Waals surface area contributed by atoms with Gasteiger partial charge in [-0.25, -0.2) is 4.79 Å². The number of nitrogens with one attached hydrogen (secondary N) is 1. The van der Waals surface area contributed by atoms with Crippen molar-refractivity contribution in [3.05, 3.63) is 0 Å². The van der Waals surface area contributed by atoms with Gasteiger partial charge in [-0.2, -0.15) is 0 Å². The lowest BCUT2D eigenvalue weighted by molar-refractivity contribution is 0.00959. The minimum atomic E-state index is -0.463. The molecular weight excluding hydrogens is 292 g/mol. The largest absolute Gasteiger partial charge is 0.444 e. The predicted octanol–water partition coefficient (Wildman–Crippen LogP) is 3.16. The van der Waals surface area contributed by atoms with Gasteiger partial charge >= 0.3 is 6.09 Å². The highest BCUT2D eigenvalue weighted by Crippen LogP contribution is 2.21. The highest BCUT2D eigenvalue weighted by Gasteiger charge is 2.30. The van der Waals surface area contributed by atoms with E-state index in [0.29, 0.717) is 13.1 Å². The number of aliphatic hydroxyl groups is 1. The maximum absolute atomic E-state index is 12.3. The highest BCUT2D eigenvalue weighted by molar-refractivity contribution is 5.68. The molecule has 2 N–H and O–H groups in total. The fraction of sp³-hybridized carbons (Fsp3) is 0.944. The number of rotatable bonds is 5. The molecule has 1 amide bonds. The Hall–Kier alpha value is -0.810. The molecule has 0 aromatic rings. The first-order valence-corrected chi connectivity index (χ1v) is 8.86. The van der Waals surface area contributed by atoms with Gasteiger partial charge in [0.25, 0.3) is 0 Å². The molecule has 5 nitrogen and oxygen atoms in total.